The number of rotatable bonds is 7. The van der Waals surface area contributed by atoms with Gasteiger partial charge in [0.15, 0.2) is 6.61 Å². The number of furan rings is 1. The first kappa shape index (κ1) is 19.6. The second kappa shape index (κ2) is 8.67. The highest BCUT2D eigenvalue weighted by Crippen LogP contribution is 2.27. The van der Waals surface area contributed by atoms with Gasteiger partial charge in [-0.1, -0.05) is 18.2 Å². The third kappa shape index (κ3) is 4.04. The van der Waals surface area contributed by atoms with Crippen molar-refractivity contribution in [1.29, 1.82) is 0 Å². The van der Waals surface area contributed by atoms with Crippen molar-refractivity contribution >= 4 is 28.5 Å². The summed E-state index contributed by atoms with van der Waals surface area (Å²) < 4.78 is 29.0. The lowest BCUT2D eigenvalue weighted by Gasteiger charge is -2.20. The minimum atomic E-state index is -0.744. The maximum atomic E-state index is 13.1. The van der Waals surface area contributed by atoms with Crippen LogP contribution in [0.3, 0.4) is 0 Å². The Hall–Kier alpha value is -3.19. The molecule has 0 bridgehead atoms. The highest BCUT2D eigenvalue weighted by Gasteiger charge is 2.23. The number of amides is 1. The van der Waals surface area contributed by atoms with Crippen LogP contribution in [0.5, 0.6) is 0 Å². The number of esters is 1. The van der Waals surface area contributed by atoms with Gasteiger partial charge in [0.2, 0.25) is 5.76 Å². The Bertz CT molecular complexity index is 980. The summed E-state index contributed by atoms with van der Waals surface area (Å²) in [6, 6.07) is 12.7. The van der Waals surface area contributed by atoms with E-state index in [2.05, 4.69) is 0 Å². The van der Waals surface area contributed by atoms with Crippen LogP contribution in [0.2, 0.25) is 0 Å². The monoisotopic (exact) mass is 385 g/mol. The van der Waals surface area contributed by atoms with Crippen molar-refractivity contribution in [1.82, 2.24) is 0 Å². The zero-order chi connectivity index (χ0) is 20.1. The fraction of sp³-hybridized carbons (Fsp3) is 0.238. The number of fused-ring (bicyclic) bond motifs is 1. The first-order valence-corrected chi connectivity index (χ1v) is 8.77. The average molecular weight is 385 g/mol. The van der Waals surface area contributed by atoms with Crippen LogP contribution in [0.15, 0.2) is 52.9 Å². The summed E-state index contributed by atoms with van der Waals surface area (Å²) in [6.45, 7) is 1.83. The Labute approximate surface area is 161 Å². The zero-order valence-electron chi connectivity index (χ0n) is 15.6. The molecule has 0 unspecified atom stereocenters. The van der Waals surface area contributed by atoms with Gasteiger partial charge in [-0.25, -0.2) is 9.18 Å². The van der Waals surface area contributed by atoms with E-state index in [1.807, 2.05) is 12.1 Å². The van der Waals surface area contributed by atoms with Crippen LogP contribution in [0, 0.1) is 5.82 Å². The number of nitrogens with zero attached hydrogens (tertiary/aromatic N) is 1. The van der Waals surface area contributed by atoms with Gasteiger partial charge in [0.1, 0.15) is 11.4 Å². The fourth-order valence-electron chi connectivity index (χ4n) is 2.95. The van der Waals surface area contributed by atoms with Crippen LogP contribution in [0.4, 0.5) is 10.1 Å². The molecule has 0 aliphatic heterocycles. The van der Waals surface area contributed by atoms with Gasteiger partial charge >= 0.3 is 5.97 Å². The van der Waals surface area contributed by atoms with Gasteiger partial charge in [-0.15, -0.1) is 0 Å². The highest BCUT2D eigenvalue weighted by molar-refractivity contribution is 5.99. The number of carbonyl (C=O) groups excluding carboxylic acids is 2. The van der Waals surface area contributed by atoms with Crippen molar-refractivity contribution in [2.24, 2.45) is 0 Å². The first-order valence-electron chi connectivity index (χ1n) is 8.77. The molecule has 0 fully saturated rings. The minimum absolute atomic E-state index is 0.0145. The van der Waals surface area contributed by atoms with Gasteiger partial charge in [-0.2, -0.15) is 0 Å². The molecule has 0 aliphatic rings. The topological polar surface area (TPSA) is 69.0 Å². The molecule has 0 saturated heterocycles. The second-order valence-corrected chi connectivity index (χ2v) is 6.03. The van der Waals surface area contributed by atoms with Crippen LogP contribution >= 0.6 is 0 Å². The molecule has 1 aromatic heterocycles. The van der Waals surface area contributed by atoms with Crippen LogP contribution in [0.1, 0.15) is 23.0 Å². The number of likely N-dealkylation sites (N-methyl/N-ethyl adjacent to an activating group) is 1. The number of carbonyl (C=O) groups is 2. The van der Waals surface area contributed by atoms with Gasteiger partial charge in [-0.05, 0) is 37.3 Å². The van der Waals surface area contributed by atoms with E-state index in [1.165, 1.54) is 36.3 Å². The smallest absolute Gasteiger partial charge is 0.375 e. The minimum Gasteiger partial charge on any atom is -0.450 e. The molecule has 146 valence electrons. The lowest BCUT2D eigenvalue weighted by atomic mass is 10.1. The normalized spacial score (nSPS) is 10.8. The van der Waals surface area contributed by atoms with Crippen molar-refractivity contribution in [3.05, 3.63) is 65.7 Å². The van der Waals surface area contributed by atoms with Crippen LogP contribution in [0.25, 0.3) is 11.0 Å². The van der Waals surface area contributed by atoms with Crippen LogP contribution in [-0.4, -0.2) is 32.1 Å². The third-order valence-corrected chi connectivity index (χ3v) is 4.25. The number of hydrogen-bond donors (Lipinski definition) is 0. The predicted octanol–water partition coefficient (Wildman–Crippen LogP) is 3.93. The largest absolute Gasteiger partial charge is 0.450 e. The summed E-state index contributed by atoms with van der Waals surface area (Å²) in [5, 5.41) is 0.754. The number of methoxy groups -OCH3 is 1. The van der Waals surface area contributed by atoms with E-state index in [9.17, 15) is 14.0 Å². The average Bonchev–Trinajstić information content (AvgIpc) is 3.07. The summed E-state index contributed by atoms with van der Waals surface area (Å²) >= 11 is 0. The van der Waals surface area contributed by atoms with E-state index in [-0.39, 0.29) is 12.4 Å². The fourth-order valence-corrected chi connectivity index (χ4v) is 2.95. The number of anilines is 1. The molecule has 2 aromatic carbocycles. The van der Waals surface area contributed by atoms with Crippen LogP contribution in [-0.2, 0) is 20.9 Å². The summed E-state index contributed by atoms with van der Waals surface area (Å²) in [7, 11) is 1.52. The maximum absolute atomic E-state index is 13.1. The molecule has 7 heteroatoms. The molecule has 1 amide bonds. The molecule has 0 spiro atoms. The van der Waals surface area contributed by atoms with E-state index < -0.39 is 24.3 Å². The Morgan fingerprint density at radius 1 is 1.11 bits per heavy atom. The summed E-state index contributed by atoms with van der Waals surface area (Å²) in [6.07, 6.45) is 0. The van der Waals surface area contributed by atoms with Crippen molar-refractivity contribution in [2.45, 2.75) is 13.5 Å². The SMILES string of the molecule is CCN(C(=O)COC(=O)c1oc2ccccc2c1COC)c1ccc(F)cc1. The second-order valence-electron chi connectivity index (χ2n) is 6.03. The number of benzene rings is 2. The Morgan fingerprint density at radius 3 is 2.50 bits per heavy atom. The third-order valence-electron chi connectivity index (χ3n) is 4.25. The van der Waals surface area contributed by atoms with E-state index in [4.69, 9.17) is 13.9 Å². The quantitative estimate of drug-likeness (QED) is 0.577. The summed E-state index contributed by atoms with van der Waals surface area (Å²) in [5.41, 5.74) is 1.63. The van der Waals surface area contributed by atoms with Gasteiger partial charge < -0.3 is 18.8 Å². The van der Waals surface area contributed by atoms with Gasteiger partial charge in [0.05, 0.1) is 6.61 Å². The van der Waals surface area contributed by atoms with E-state index >= 15 is 0 Å². The molecular formula is C21H20FNO5. The van der Waals surface area contributed by atoms with Gasteiger partial charge in [0.25, 0.3) is 5.91 Å². The molecule has 6 nitrogen and oxygen atoms in total. The van der Waals surface area contributed by atoms with E-state index in [0.717, 1.165) is 5.39 Å². The van der Waals surface area contributed by atoms with Crippen molar-refractivity contribution in [2.75, 3.05) is 25.2 Å². The standard InChI is InChI=1S/C21H20FNO5/c1-3-23(15-10-8-14(22)9-11-15)19(24)13-27-21(25)20-17(12-26-2)16-6-4-5-7-18(16)28-20/h4-11H,3,12-13H2,1-2H3. The molecule has 1 heterocycles. The maximum Gasteiger partial charge on any atom is 0.375 e. The molecule has 0 radical (unpaired) electrons. The molecule has 0 N–H and O–H groups in total. The molecule has 3 aromatic rings. The number of para-hydroxylation sites is 1. The molecule has 0 aliphatic carbocycles. The summed E-state index contributed by atoms with van der Waals surface area (Å²) in [4.78, 5) is 26.4. The van der Waals surface area contributed by atoms with Crippen molar-refractivity contribution in [3.8, 4) is 0 Å². The molecule has 3 rings (SSSR count). The van der Waals surface area contributed by atoms with Crippen molar-refractivity contribution < 1.29 is 27.9 Å². The van der Waals surface area contributed by atoms with Gasteiger partial charge in [0, 0.05) is 30.3 Å². The Balaban J connectivity index is 1.74. The van der Waals surface area contributed by atoms with E-state index in [1.54, 1.807) is 19.1 Å². The number of hydrogen-bond acceptors (Lipinski definition) is 5. The molecule has 0 atom stereocenters. The lowest BCUT2D eigenvalue weighted by Crippen LogP contribution is -2.34. The zero-order valence-corrected chi connectivity index (χ0v) is 15.6. The number of ether oxygens (including phenoxy) is 2. The molecule has 0 saturated carbocycles. The molecule has 28 heavy (non-hydrogen) atoms. The Kier molecular flexibility index (Phi) is 6.06. The van der Waals surface area contributed by atoms with Crippen LogP contribution < -0.4 is 4.90 Å². The highest BCUT2D eigenvalue weighted by atomic mass is 19.1. The Morgan fingerprint density at radius 2 is 1.82 bits per heavy atom. The number of halogens is 1. The lowest BCUT2D eigenvalue weighted by molar-refractivity contribution is -0.121. The van der Waals surface area contributed by atoms with E-state index in [0.29, 0.717) is 23.4 Å². The van der Waals surface area contributed by atoms with Gasteiger partial charge in [-0.3, -0.25) is 4.79 Å². The van der Waals surface area contributed by atoms with Crippen molar-refractivity contribution in [3.63, 3.8) is 0 Å². The predicted molar refractivity (Wildman–Crippen MR) is 102 cm³/mol. The first-order chi connectivity index (χ1) is 13.5. The summed E-state index contributed by atoms with van der Waals surface area (Å²) in [5.74, 6) is -1.55. The molecular weight excluding hydrogens is 365 g/mol.